The molecule has 0 radical (unpaired) electrons. The molecule has 1 aromatic rings. The van der Waals surface area contributed by atoms with Crippen LogP contribution in [0.5, 0.6) is 11.5 Å². The van der Waals surface area contributed by atoms with E-state index >= 15 is 0 Å². The molecular weight excluding hydrogens is 406 g/mol. The summed E-state index contributed by atoms with van der Waals surface area (Å²) in [5.74, 6) is 1.04. The summed E-state index contributed by atoms with van der Waals surface area (Å²) >= 11 is 0. The van der Waals surface area contributed by atoms with Gasteiger partial charge in [0.2, 0.25) is 15.9 Å². The zero-order valence-electron chi connectivity index (χ0n) is 16.0. The van der Waals surface area contributed by atoms with Gasteiger partial charge in [0.25, 0.3) is 0 Å². The number of benzene rings is 1. The van der Waals surface area contributed by atoms with Crippen LogP contribution in [0.15, 0.2) is 23.1 Å². The van der Waals surface area contributed by atoms with Crippen LogP contribution in [0.1, 0.15) is 26.2 Å². The van der Waals surface area contributed by atoms with Crippen molar-refractivity contribution in [1.82, 2.24) is 9.21 Å². The van der Waals surface area contributed by atoms with Gasteiger partial charge in [0, 0.05) is 44.7 Å². The lowest BCUT2D eigenvalue weighted by atomic mass is 10.2. The number of carbonyl (C=O) groups is 1. The standard InChI is InChI=1S/C18H27N3O5S.ClH/c1-14(19)3-6-18(22)20-7-2-8-21(10-9-20)27(23,24)15-4-5-16-17(13-15)26-12-11-25-16;/h4-5,13-14H,2-3,6-12,19H2,1H3;1H. The van der Waals surface area contributed by atoms with E-state index in [1.807, 2.05) is 6.92 Å². The fraction of sp³-hybridized carbons (Fsp3) is 0.611. The molecule has 8 nitrogen and oxygen atoms in total. The lowest BCUT2D eigenvalue weighted by molar-refractivity contribution is -0.131. The third kappa shape index (κ3) is 5.28. The maximum Gasteiger partial charge on any atom is 0.243 e. The van der Waals surface area contributed by atoms with Crippen molar-refractivity contribution >= 4 is 28.3 Å². The molecule has 1 aromatic carbocycles. The summed E-state index contributed by atoms with van der Waals surface area (Å²) in [5.41, 5.74) is 5.72. The Balaban J connectivity index is 0.00000280. The van der Waals surface area contributed by atoms with Crippen LogP contribution in [0.2, 0.25) is 0 Å². The highest BCUT2D eigenvalue weighted by atomic mass is 35.5. The van der Waals surface area contributed by atoms with Gasteiger partial charge in [-0.3, -0.25) is 4.79 Å². The molecule has 0 spiro atoms. The molecule has 2 aliphatic heterocycles. The average molecular weight is 434 g/mol. The van der Waals surface area contributed by atoms with E-state index in [4.69, 9.17) is 15.2 Å². The molecule has 1 fully saturated rings. The van der Waals surface area contributed by atoms with Gasteiger partial charge >= 0.3 is 0 Å². The SMILES string of the molecule is CC(N)CCC(=O)N1CCCN(S(=O)(=O)c2ccc3c(c2)OCCO3)CC1.Cl. The second kappa shape index (κ2) is 9.78. The molecule has 28 heavy (non-hydrogen) atoms. The Morgan fingerprint density at radius 2 is 1.86 bits per heavy atom. The minimum absolute atomic E-state index is 0. The molecule has 2 N–H and O–H groups in total. The maximum absolute atomic E-state index is 13.0. The van der Waals surface area contributed by atoms with Crippen molar-refractivity contribution in [3.8, 4) is 11.5 Å². The van der Waals surface area contributed by atoms with Gasteiger partial charge < -0.3 is 20.1 Å². The van der Waals surface area contributed by atoms with Gasteiger partial charge in [-0.15, -0.1) is 12.4 Å². The number of fused-ring (bicyclic) bond motifs is 1. The van der Waals surface area contributed by atoms with E-state index in [0.717, 1.165) is 0 Å². The fourth-order valence-corrected chi connectivity index (χ4v) is 4.71. The first-order chi connectivity index (χ1) is 12.9. The van der Waals surface area contributed by atoms with Crippen LogP contribution >= 0.6 is 12.4 Å². The maximum atomic E-state index is 13.0. The zero-order valence-corrected chi connectivity index (χ0v) is 17.6. The van der Waals surface area contributed by atoms with E-state index in [1.54, 1.807) is 17.0 Å². The number of hydrogen-bond acceptors (Lipinski definition) is 6. The Morgan fingerprint density at radius 1 is 1.14 bits per heavy atom. The van der Waals surface area contributed by atoms with Crippen molar-refractivity contribution in [1.29, 1.82) is 0 Å². The minimum atomic E-state index is -3.65. The van der Waals surface area contributed by atoms with Crippen LogP contribution in [0, 0.1) is 0 Å². The number of ether oxygens (including phenoxy) is 2. The molecule has 0 aromatic heterocycles. The molecule has 10 heteroatoms. The number of nitrogens with zero attached hydrogens (tertiary/aromatic N) is 2. The summed E-state index contributed by atoms with van der Waals surface area (Å²) < 4.78 is 38.4. The average Bonchev–Trinajstić information content (AvgIpc) is 2.92. The molecule has 2 heterocycles. The smallest absolute Gasteiger partial charge is 0.243 e. The minimum Gasteiger partial charge on any atom is -0.486 e. The first-order valence-electron chi connectivity index (χ1n) is 9.31. The fourth-order valence-electron chi connectivity index (χ4n) is 3.23. The molecule has 1 saturated heterocycles. The second-order valence-electron chi connectivity index (χ2n) is 6.96. The highest BCUT2D eigenvalue weighted by Gasteiger charge is 2.29. The number of carbonyl (C=O) groups excluding carboxylic acids is 1. The number of halogens is 1. The van der Waals surface area contributed by atoms with Crippen LogP contribution < -0.4 is 15.2 Å². The first-order valence-corrected chi connectivity index (χ1v) is 10.7. The lowest BCUT2D eigenvalue weighted by Crippen LogP contribution is -2.37. The van der Waals surface area contributed by atoms with Gasteiger partial charge in [-0.05, 0) is 31.9 Å². The number of rotatable bonds is 5. The number of hydrogen-bond donors (Lipinski definition) is 1. The summed E-state index contributed by atoms with van der Waals surface area (Å²) in [5, 5.41) is 0. The quantitative estimate of drug-likeness (QED) is 0.749. The van der Waals surface area contributed by atoms with Crippen molar-refractivity contribution in [2.24, 2.45) is 5.73 Å². The van der Waals surface area contributed by atoms with Gasteiger partial charge in [0.15, 0.2) is 11.5 Å². The van der Waals surface area contributed by atoms with Crippen LogP contribution in [-0.2, 0) is 14.8 Å². The molecule has 158 valence electrons. The summed E-state index contributed by atoms with van der Waals surface area (Å²) in [4.78, 5) is 14.2. The Labute approximate surface area is 172 Å². The van der Waals surface area contributed by atoms with Crippen molar-refractivity contribution in [2.75, 3.05) is 39.4 Å². The molecular formula is C18H28ClN3O5S. The van der Waals surface area contributed by atoms with Gasteiger partial charge in [0.05, 0.1) is 4.90 Å². The molecule has 2 aliphatic rings. The molecule has 3 rings (SSSR count). The van der Waals surface area contributed by atoms with E-state index in [2.05, 4.69) is 0 Å². The number of nitrogens with two attached hydrogens (primary N) is 1. The summed E-state index contributed by atoms with van der Waals surface area (Å²) in [6, 6.07) is 4.66. The van der Waals surface area contributed by atoms with Crippen LogP contribution in [-0.4, -0.2) is 69.0 Å². The van der Waals surface area contributed by atoms with Crippen molar-refractivity contribution in [3.05, 3.63) is 18.2 Å². The molecule has 0 aliphatic carbocycles. The number of sulfonamides is 1. The van der Waals surface area contributed by atoms with E-state index < -0.39 is 10.0 Å². The monoisotopic (exact) mass is 433 g/mol. The predicted molar refractivity (Wildman–Crippen MR) is 108 cm³/mol. The summed E-state index contributed by atoms with van der Waals surface area (Å²) in [7, 11) is -3.65. The normalized spacial score (nSPS) is 18.7. The Hall–Kier alpha value is -1.55. The molecule has 0 saturated carbocycles. The molecule has 0 bridgehead atoms. The zero-order chi connectivity index (χ0) is 19.4. The van der Waals surface area contributed by atoms with Crippen molar-refractivity contribution in [3.63, 3.8) is 0 Å². The summed E-state index contributed by atoms with van der Waals surface area (Å²) in [6.45, 7) is 4.34. The third-order valence-electron chi connectivity index (χ3n) is 4.77. The largest absolute Gasteiger partial charge is 0.486 e. The topological polar surface area (TPSA) is 102 Å². The van der Waals surface area contributed by atoms with Crippen LogP contribution in [0.4, 0.5) is 0 Å². The molecule has 1 amide bonds. The highest BCUT2D eigenvalue weighted by molar-refractivity contribution is 7.89. The van der Waals surface area contributed by atoms with Gasteiger partial charge in [-0.25, -0.2) is 8.42 Å². The number of amides is 1. The van der Waals surface area contributed by atoms with E-state index in [1.165, 1.54) is 10.4 Å². The highest BCUT2D eigenvalue weighted by Crippen LogP contribution is 2.33. The third-order valence-corrected chi connectivity index (χ3v) is 6.67. The molecule has 1 unspecified atom stereocenters. The lowest BCUT2D eigenvalue weighted by Gasteiger charge is -2.23. The van der Waals surface area contributed by atoms with Gasteiger partial charge in [-0.2, -0.15) is 4.31 Å². The molecule has 1 atom stereocenters. The van der Waals surface area contributed by atoms with Crippen LogP contribution in [0.25, 0.3) is 0 Å². The van der Waals surface area contributed by atoms with Crippen molar-refractivity contribution in [2.45, 2.75) is 37.1 Å². The predicted octanol–water partition coefficient (Wildman–Crippen LogP) is 1.23. The van der Waals surface area contributed by atoms with Crippen LogP contribution in [0.3, 0.4) is 0 Å². The Morgan fingerprint density at radius 3 is 2.57 bits per heavy atom. The van der Waals surface area contributed by atoms with E-state index in [-0.39, 0.29) is 35.8 Å². The van der Waals surface area contributed by atoms with E-state index in [9.17, 15) is 13.2 Å². The second-order valence-corrected chi connectivity index (χ2v) is 8.90. The van der Waals surface area contributed by atoms with Gasteiger partial charge in [-0.1, -0.05) is 0 Å². The summed E-state index contributed by atoms with van der Waals surface area (Å²) in [6.07, 6.45) is 1.63. The Bertz CT molecular complexity index is 787. The first kappa shape index (κ1) is 22.7. The van der Waals surface area contributed by atoms with Crippen molar-refractivity contribution < 1.29 is 22.7 Å². The Kier molecular flexibility index (Phi) is 7.94. The van der Waals surface area contributed by atoms with Gasteiger partial charge in [0.1, 0.15) is 13.2 Å². The van der Waals surface area contributed by atoms with E-state index in [0.29, 0.717) is 63.6 Å².